The number of hydrogen-bond acceptors (Lipinski definition) is 2. The molecule has 230 valence electrons. The van der Waals surface area contributed by atoms with Crippen LogP contribution in [0.1, 0.15) is 11.1 Å². The number of nitriles is 2. The molecule has 0 aliphatic rings. The summed E-state index contributed by atoms with van der Waals surface area (Å²) in [7, 11) is 0. The molecule has 0 aliphatic heterocycles. The Morgan fingerprint density at radius 3 is 1.76 bits per heavy atom. The van der Waals surface area contributed by atoms with Crippen LogP contribution in [0.25, 0.3) is 82.1 Å². The van der Waals surface area contributed by atoms with E-state index in [0.717, 1.165) is 66.1 Å². The largest absolute Gasteiger partial charge is 0.309 e. The number of aromatic nitrogens is 2. The molecule has 0 saturated carbocycles. The van der Waals surface area contributed by atoms with Crippen molar-refractivity contribution in [3.05, 3.63) is 174 Å². The second kappa shape index (κ2) is 11.4. The second-order valence-corrected chi connectivity index (χ2v) is 12.2. The van der Waals surface area contributed by atoms with Crippen LogP contribution in [0.15, 0.2) is 152 Å². The van der Waals surface area contributed by atoms with Gasteiger partial charge in [0.15, 0.2) is 5.69 Å². The van der Waals surface area contributed by atoms with Crippen LogP contribution in [0.5, 0.6) is 0 Å². The Bertz CT molecular complexity index is 2920. The molecule has 0 spiro atoms. The van der Waals surface area contributed by atoms with E-state index in [0.29, 0.717) is 27.9 Å². The van der Waals surface area contributed by atoms with Crippen molar-refractivity contribution in [1.29, 1.82) is 10.5 Å². The Morgan fingerprint density at radius 2 is 1.08 bits per heavy atom. The first-order valence-corrected chi connectivity index (χ1v) is 16.3. The molecule has 2 aromatic heterocycles. The quantitative estimate of drug-likeness (QED) is 0.181. The highest BCUT2D eigenvalue weighted by Crippen LogP contribution is 2.45. The molecule has 0 saturated heterocycles. The van der Waals surface area contributed by atoms with Gasteiger partial charge in [-0.1, -0.05) is 91.0 Å². The molecule has 9 rings (SSSR count). The highest BCUT2D eigenvalue weighted by molar-refractivity contribution is 6.11. The van der Waals surface area contributed by atoms with Crippen LogP contribution in [0.3, 0.4) is 0 Å². The number of hydrogen-bond donors (Lipinski definition) is 0. The summed E-state index contributed by atoms with van der Waals surface area (Å²) in [6, 6.07) is 55.3. The maximum Gasteiger partial charge on any atom is 0.195 e. The zero-order chi connectivity index (χ0) is 33.8. The number of nitrogens with zero attached hydrogens (tertiary/aromatic N) is 5. The predicted molar refractivity (Wildman–Crippen MR) is 202 cm³/mol. The van der Waals surface area contributed by atoms with Gasteiger partial charge < -0.3 is 9.13 Å². The van der Waals surface area contributed by atoms with Crippen molar-refractivity contribution in [3.8, 4) is 45.8 Å². The predicted octanol–water partition coefficient (Wildman–Crippen LogP) is 11.5. The Hall–Kier alpha value is -7.39. The average Bonchev–Trinajstić information content (AvgIpc) is 3.70. The van der Waals surface area contributed by atoms with E-state index in [1.165, 1.54) is 0 Å². The fraction of sp³-hybridized carbons (Fsp3) is 0. The van der Waals surface area contributed by atoms with E-state index >= 15 is 0 Å². The molecule has 0 atom stereocenters. The third kappa shape index (κ3) is 4.24. The molecule has 5 heteroatoms. The van der Waals surface area contributed by atoms with Gasteiger partial charge in [-0.3, -0.25) is 0 Å². The highest BCUT2D eigenvalue weighted by Gasteiger charge is 2.22. The van der Waals surface area contributed by atoms with Crippen molar-refractivity contribution in [3.63, 3.8) is 0 Å². The third-order valence-corrected chi connectivity index (χ3v) is 9.63. The van der Waals surface area contributed by atoms with Crippen LogP contribution < -0.4 is 0 Å². The van der Waals surface area contributed by atoms with Gasteiger partial charge in [-0.15, -0.1) is 0 Å². The Morgan fingerprint density at radius 1 is 0.480 bits per heavy atom. The molecule has 0 unspecified atom stereocenters. The topological polar surface area (TPSA) is 61.8 Å². The Kier molecular flexibility index (Phi) is 6.56. The molecule has 0 aliphatic carbocycles. The molecule has 0 amide bonds. The van der Waals surface area contributed by atoms with E-state index < -0.39 is 0 Å². The first-order chi connectivity index (χ1) is 24.7. The summed E-state index contributed by atoms with van der Waals surface area (Å²) in [6.45, 7) is 8.22. The van der Waals surface area contributed by atoms with Gasteiger partial charge in [0.25, 0.3) is 0 Å². The van der Waals surface area contributed by atoms with Crippen molar-refractivity contribution in [1.82, 2.24) is 9.13 Å². The van der Waals surface area contributed by atoms with Gasteiger partial charge >= 0.3 is 0 Å². The first kappa shape index (κ1) is 28.8. The zero-order valence-electron chi connectivity index (χ0n) is 26.7. The van der Waals surface area contributed by atoms with Crippen LogP contribution >= 0.6 is 0 Å². The lowest BCUT2D eigenvalue weighted by Gasteiger charge is -2.19. The fourth-order valence-electron chi connectivity index (χ4n) is 7.52. The molecule has 50 heavy (non-hydrogen) atoms. The third-order valence-electron chi connectivity index (χ3n) is 9.63. The summed E-state index contributed by atoms with van der Waals surface area (Å²) in [5.41, 5.74) is 10.7. The molecule has 0 N–H and O–H groups in total. The van der Waals surface area contributed by atoms with Gasteiger partial charge in [-0.25, -0.2) is 4.85 Å². The first-order valence-electron chi connectivity index (χ1n) is 16.3. The monoisotopic (exact) mass is 635 g/mol. The fourth-order valence-corrected chi connectivity index (χ4v) is 7.52. The van der Waals surface area contributed by atoms with Crippen molar-refractivity contribution in [2.45, 2.75) is 0 Å². The molecular formula is C45H25N5. The highest BCUT2D eigenvalue weighted by atomic mass is 15.0. The lowest BCUT2D eigenvalue weighted by atomic mass is 9.89. The van der Waals surface area contributed by atoms with Gasteiger partial charge in [0, 0.05) is 32.8 Å². The van der Waals surface area contributed by atoms with Gasteiger partial charge in [0.1, 0.15) is 0 Å². The Labute approximate surface area is 288 Å². The van der Waals surface area contributed by atoms with Gasteiger partial charge in [0.2, 0.25) is 0 Å². The summed E-state index contributed by atoms with van der Waals surface area (Å²) in [5.74, 6) is 0. The van der Waals surface area contributed by atoms with Crippen LogP contribution in [-0.4, -0.2) is 9.13 Å². The summed E-state index contributed by atoms with van der Waals surface area (Å²) < 4.78 is 4.46. The number of rotatable bonds is 4. The van der Waals surface area contributed by atoms with Crippen molar-refractivity contribution in [2.24, 2.45) is 0 Å². The second-order valence-electron chi connectivity index (χ2n) is 12.2. The van der Waals surface area contributed by atoms with E-state index in [9.17, 15) is 10.5 Å². The van der Waals surface area contributed by atoms with Gasteiger partial charge in [-0.2, -0.15) is 10.5 Å². The molecule has 0 fully saturated rings. The van der Waals surface area contributed by atoms with Crippen LogP contribution in [-0.2, 0) is 0 Å². The van der Waals surface area contributed by atoms with Crippen LogP contribution in [0, 0.1) is 29.2 Å². The Balaban J connectivity index is 1.33. The molecule has 9 aromatic rings. The van der Waals surface area contributed by atoms with E-state index in [1.807, 2.05) is 84.9 Å². The number of fused-ring (bicyclic) bond motifs is 6. The summed E-state index contributed by atoms with van der Waals surface area (Å²) in [4.78, 5) is 3.97. The minimum absolute atomic E-state index is 0.469. The van der Waals surface area contributed by atoms with E-state index in [2.05, 4.69) is 92.8 Å². The van der Waals surface area contributed by atoms with Crippen molar-refractivity contribution < 1.29 is 0 Å². The van der Waals surface area contributed by atoms with Crippen LogP contribution in [0.2, 0.25) is 0 Å². The summed E-state index contributed by atoms with van der Waals surface area (Å²) in [6.07, 6.45) is 0. The van der Waals surface area contributed by atoms with Crippen LogP contribution in [0.4, 0.5) is 5.69 Å². The minimum atomic E-state index is 0.469. The van der Waals surface area contributed by atoms with Crippen molar-refractivity contribution in [2.75, 3.05) is 0 Å². The maximum atomic E-state index is 10.6. The van der Waals surface area contributed by atoms with Gasteiger partial charge in [0.05, 0.1) is 57.6 Å². The van der Waals surface area contributed by atoms with E-state index in [1.54, 1.807) is 0 Å². The standard InChI is InChI=1S/C45H25N5/c1-48-39-23-22-31(49-40-17-6-2-12-32(40)33-13-3-7-18-41(33)49)26-38(39)45-30(28-47)11-10-16-36(45)34-14-4-8-19-42(34)50-43-20-9-5-15-35(43)37-25-29(27-46)21-24-44(37)50/h2-26H. The average molecular weight is 636 g/mol. The van der Waals surface area contributed by atoms with Crippen molar-refractivity contribution >= 4 is 49.3 Å². The smallest absolute Gasteiger partial charge is 0.195 e. The van der Waals surface area contributed by atoms with E-state index in [4.69, 9.17) is 6.57 Å². The molecule has 0 radical (unpaired) electrons. The lowest BCUT2D eigenvalue weighted by Crippen LogP contribution is -2.00. The molecule has 0 bridgehead atoms. The lowest BCUT2D eigenvalue weighted by molar-refractivity contribution is 1.18. The molecule has 2 heterocycles. The molecule has 5 nitrogen and oxygen atoms in total. The number of benzene rings is 7. The summed E-state index contributed by atoms with van der Waals surface area (Å²) in [5, 5.41) is 24.6. The normalized spacial score (nSPS) is 11.1. The maximum absolute atomic E-state index is 10.6. The zero-order valence-corrected chi connectivity index (χ0v) is 26.7. The molecule has 7 aromatic carbocycles. The summed E-state index contributed by atoms with van der Waals surface area (Å²) >= 11 is 0. The van der Waals surface area contributed by atoms with E-state index in [-0.39, 0.29) is 0 Å². The molecular weight excluding hydrogens is 611 g/mol. The SMILES string of the molecule is [C-]#[N+]c1ccc(-n2c3ccccc3c3ccccc32)cc1-c1c(C#N)cccc1-c1ccccc1-n1c2ccccc2c2cc(C#N)ccc21. The van der Waals surface area contributed by atoms with Gasteiger partial charge in [-0.05, 0) is 77.4 Å². The number of para-hydroxylation sites is 4. The minimum Gasteiger partial charge on any atom is -0.309 e.